The summed E-state index contributed by atoms with van der Waals surface area (Å²) < 4.78 is 18.1. The molecule has 1 atom stereocenters. The molecule has 0 N–H and O–H groups in total. The Morgan fingerprint density at radius 2 is 2.16 bits per heavy atom. The van der Waals surface area contributed by atoms with Gasteiger partial charge in [0, 0.05) is 32.2 Å². The Morgan fingerprint density at radius 1 is 1.42 bits per heavy atom. The smallest absolute Gasteiger partial charge is 0.162 e. The van der Waals surface area contributed by atoms with Crippen LogP contribution in [-0.2, 0) is 4.74 Å². The molecule has 0 bridgehead atoms. The van der Waals surface area contributed by atoms with Crippen LogP contribution in [0.5, 0.6) is 0 Å². The monoisotopic (exact) mass is 265 g/mol. The Kier molecular flexibility index (Phi) is 5.05. The van der Waals surface area contributed by atoms with Crippen LogP contribution in [0.4, 0.5) is 4.39 Å². The molecule has 0 spiro atoms. The van der Waals surface area contributed by atoms with Gasteiger partial charge >= 0.3 is 0 Å². The van der Waals surface area contributed by atoms with Gasteiger partial charge in [0.2, 0.25) is 0 Å². The van der Waals surface area contributed by atoms with Crippen molar-refractivity contribution in [3.63, 3.8) is 0 Å². The highest BCUT2D eigenvalue weighted by Gasteiger charge is 2.21. The molecule has 1 heterocycles. The summed E-state index contributed by atoms with van der Waals surface area (Å²) in [5.74, 6) is -0.221. The summed E-state index contributed by atoms with van der Waals surface area (Å²) in [5.41, 5.74) is 0.595. The number of carbonyl (C=O) groups is 1. The zero-order valence-electron chi connectivity index (χ0n) is 11.3. The predicted molar refractivity (Wildman–Crippen MR) is 71.8 cm³/mol. The van der Waals surface area contributed by atoms with E-state index in [2.05, 4.69) is 4.90 Å². The minimum Gasteiger partial charge on any atom is -0.380 e. The molecule has 1 saturated heterocycles. The fraction of sp³-hybridized carbons (Fsp3) is 0.533. The molecule has 19 heavy (non-hydrogen) atoms. The number of ether oxygens (including phenoxy) is 1. The molecule has 1 fully saturated rings. The number of carbonyl (C=O) groups excluding carboxylic acids is 1. The van der Waals surface area contributed by atoms with Gasteiger partial charge < -0.3 is 9.64 Å². The lowest BCUT2D eigenvalue weighted by atomic mass is 10.1. The molecule has 0 unspecified atom stereocenters. The summed E-state index contributed by atoms with van der Waals surface area (Å²) >= 11 is 0. The number of hydrogen-bond donors (Lipinski definition) is 0. The van der Waals surface area contributed by atoms with Crippen LogP contribution >= 0.6 is 0 Å². The van der Waals surface area contributed by atoms with Gasteiger partial charge in [-0.3, -0.25) is 4.79 Å². The standard InChI is InChI=1S/C15H20FNO2/c1-19-14-8-10-17(11-14)9-2-3-15(18)12-4-6-13(16)7-5-12/h4-7,14H,2-3,8-11H2,1H3/t14-/m0/s1. The number of nitrogens with zero attached hydrogens (tertiary/aromatic N) is 1. The van der Waals surface area contributed by atoms with Crippen molar-refractivity contribution in [2.24, 2.45) is 0 Å². The van der Waals surface area contributed by atoms with Crippen molar-refractivity contribution >= 4 is 5.78 Å². The molecule has 1 aliphatic heterocycles. The number of Topliss-reactive ketones (excluding diaryl/α,β-unsaturated/α-hetero) is 1. The second kappa shape index (κ2) is 6.78. The summed E-state index contributed by atoms with van der Waals surface area (Å²) in [6.07, 6.45) is 2.77. The minimum absolute atomic E-state index is 0.0856. The number of methoxy groups -OCH3 is 1. The van der Waals surface area contributed by atoms with E-state index >= 15 is 0 Å². The Balaban J connectivity index is 1.71. The van der Waals surface area contributed by atoms with Gasteiger partial charge in [-0.05, 0) is 43.7 Å². The lowest BCUT2D eigenvalue weighted by molar-refractivity contribution is 0.0969. The molecule has 0 saturated carbocycles. The van der Waals surface area contributed by atoms with Crippen LogP contribution in [0.2, 0.25) is 0 Å². The Hall–Kier alpha value is -1.26. The van der Waals surface area contributed by atoms with Crippen LogP contribution in [0.15, 0.2) is 24.3 Å². The third-order valence-electron chi connectivity index (χ3n) is 3.61. The molecule has 2 rings (SSSR count). The van der Waals surface area contributed by atoms with Gasteiger partial charge in [-0.2, -0.15) is 0 Å². The molecule has 104 valence electrons. The highest BCUT2D eigenvalue weighted by molar-refractivity contribution is 5.95. The van der Waals surface area contributed by atoms with E-state index in [-0.39, 0.29) is 11.6 Å². The summed E-state index contributed by atoms with van der Waals surface area (Å²) in [5, 5.41) is 0. The number of halogens is 1. The molecule has 3 nitrogen and oxygen atoms in total. The normalized spacial score (nSPS) is 19.8. The van der Waals surface area contributed by atoms with E-state index in [1.807, 2.05) is 0 Å². The molecule has 4 heteroatoms. The van der Waals surface area contributed by atoms with Crippen molar-refractivity contribution in [2.45, 2.75) is 25.4 Å². The third kappa shape index (κ3) is 4.11. The summed E-state index contributed by atoms with van der Waals surface area (Å²) in [6.45, 7) is 2.93. The van der Waals surface area contributed by atoms with Crippen molar-refractivity contribution in [3.8, 4) is 0 Å². The van der Waals surface area contributed by atoms with Crippen molar-refractivity contribution in [1.29, 1.82) is 0 Å². The van der Waals surface area contributed by atoms with Gasteiger partial charge in [0.25, 0.3) is 0 Å². The molecule has 0 radical (unpaired) electrons. The van der Waals surface area contributed by atoms with Gasteiger partial charge in [-0.15, -0.1) is 0 Å². The van der Waals surface area contributed by atoms with Crippen molar-refractivity contribution in [2.75, 3.05) is 26.7 Å². The maximum atomic E-state index is 12.7. The largest absolute Gasteiger partial charge is 0.380 e. The van der Waals surface area contributed by atoms with E-state index in [0.29, 0.717) is 18.1 Å². The topological polar surface area (TPSA) is 29.5 Å². The van der Waals surface area contributed by atoms with Crippen LogP contribution < -0.4 is 0 Å². The van der Waals surface area contributed by atoms with E-state index in [4.69, 9.17) is 4.74 Å². The van der Waals surface area contributed by atoms with Gasteiger partial charge in [-0.1, -0.05) is 0 Å². The summed E-state index contributed by atoms with van der Waals surface area (Å²) in [7, 11) is 1.74. The molecule has 0 amide bonds. The zero-order valence-corrected chi connectivity index (χ0v) is 11.3. The quantitative estimate of drug-likeness (QED) is 0.740. The van der Waals surface area contributed by atoms with Gasteiger partial charge in [0.15, 0.2) is 5.78 Å². The fourth-order valence-corrected chi connectivity index (χ4v) is 2.44. The van der Waals surface area contributed by atoms with Crippen molar-refractivity contribution in [1.82, 2.24) is 4.90 Å². The molecule has 1 aliphatic rings. The maximum absolute atomic E-state index is 12.7. The summed E-state index contributed by atoms with van der Waals surface area (Å²) in [4.78, 5) is 14.2. The Morgan fingerprint density at radius 3 is 2.79 bits per heavy atom. The number of ketones is 1. The fourth-order valence-electron chi connectivity index (χ4n) is 2.44. The van der Waals surface area contributed by atoms with Gasteiger partial charge in [0.1, 0.15) is 5.82 Å². The van der Waals surface area contributed by atoms with Crippen LogP contribution in [0, 0.1) is 5.82 Å². The van der Waals surface area contributed by atoms with Crippen molar-refractivity contribution < 1.29 is 13.9 Å². The number of hydrogen-bond acceptors (Lipinski definition) is 3. The van der Waals surface area contributed by atoms with E-state index in [0.717, 1.165) is 32.5 Å². The molecular formula is C15H20FNO2. The highest BCUT2D eigenvalue weighted by atomic mass is 19.1. The molecule has 0 aliphatic carbocycles. The van der Waals surface area contributed by atoms with E-state index in [1.54, 1.807) is 19.2 Å². The van der Waals surface area contributed by atoms with Crippen molar-refractivity contribution in [3.05, 3.63) is 35.6 Å². The second-order valence-corrected chi connectivity index (χ2v) is 4.98. The molecule has 1 aromatic rings. The molecule has 0 aromatic heterocycles. The molecule has 1 aromatic carbocycles. The molecular weight excluding hydrogens is 245 g/mol. The second-order valence-electron chi connectivity index (χ2n) is 4.98. The average Bonchev–Trinajstić information content (AvgIpc) is 2.87. The SMILES string of the molecule is CO[C@H]1CCN(CCCC(=O)c2ccc(F)cc2)C1. The first kappa shape index (κ1) is 14.2. The number of benzene rings is 1. The number of rotatable bonds is 6. The lowest BCUT2D eigenvalue weighted by Crippen LogP contribution is -2.24. The highest BCUT2D eigenvalue weighted by Crippen LogP contribution is 2.13. The zero-order chi connectivity index (χ0) is 13.7. The summed E-state index contributed by atoms with van der Waals surface area (Å²) in [6, 6.07) is 5.76. The average molecular weight is 265 g/mol. The minimum atomic E-state index is -0.306. The maximum Gasteiger partial charge on any atom is 0.162 e. The lowest BCUT2D eigenvalue weighted by Gasteiger charge is -2.14. The number of likely N-dealkylation sites (tertiary alicyclic amines) is 1. The van der Waals surface area contributed by atoms with Gasteiger partial charge in [-0.25, -0.2) is 4.39 Å². The van der Waals surface area contributed by atoms with Gasteiger partial charge in [0.05, 0.1) is 6.10 Å². The first-order valence-electron chi connectivity index (χ1n) is 6.73. The third-order valence-corrected chi connectivity index (χ3v) is 3.61. The first-order valence-corrected chi connectivity index (χ1v) is 6.73. The first-order chi connectivity index (χ1) is 9.19. The van der Waals surface area contributed by atoms with E-state index in [1.165, 1.54) is 12.1 Å². The van der Waals surface area contributed by atoms with E-state index < -0.39 is 0 Å². The van der Waals surface area contributed by atoms with Crippen LogP contribution in [0.1, 0.15) is 29.6 Å². The van der Waals surface area contributed by atoms with E-state index in [9.17, 15) is 9.18 Å². The Labute approximate surface area is 113 Å². The Bertz CT molecular complexity index is 419. The van der Waals surface area contributed by atoms with Crippen LogP contribution in [0.25, 0.3) is 0 Å². The van der Waals surface area contributed by atoms with Crippen LogP contribution in [-0.4, -0.2) is 43.5 Å². The predicted octanol–water partition coefficient (Wildman–Crippen LogP) is 2.51. The van der Waals surface area contributed by atoms with Crippen LogP contribution in [0.3, 0.4) is 0 Å².